The summed E-state index contributed by atoms with van der Waals surface area (Å²) in [6, 6.07) is 6.26. The van der Waals surface area contributed by atoms with Crippen LogP contribution in [0.2, 0.25) is 0 Å². The lowest BCUT2D eigenvalue weighted by Crippen LogP contribution is -2.20. The smallest absolute Gasteiger partial charge is 0.339 e. The van der Waals surface area contributed by atoms with E-state index >= 15 is 0 Å². The number of carboxylic acid groups (broad SMARTS) is 1. The van der Waals surface area contributed by atoms with Crippen LogP contribution in [0.5, 0.6) is 0 Å². The van der Waals surface area contributed by atoms with E-state index in [1.807, 2.05) is 0 Å². The maximum Gasteiger partial charge on any atom is 0.339 e. The van der Waals surface area contributed by atoms with E-state index in [4.69, 9.17) is 4.74 Å². The van der Waals surface area contributed by atoms with E-state index in [9.17, 15) is 14.7 Å². The van der Waals surface area contributed by atoms with Gasteiger partial charge in [0.25, 0.3) is 0 Å². The van der Waals surface area contributed by atoms with Gasteiger partial charge in [-0.05, 0) is 31.4 Å². The summed E-state index contributed by atoms with van der Waals surface area (Å²) in [6.45, 7) is 4.35. The predicted octanol–water partition coefficient (Wildman–Crippen LogP) is 6.63. The first-order valence-electron chi connectivity index (χ1n) is 10.6. The van der Waals surface area contributed by atoms with E-state index in [2.05, 4.69) is 13.8 Å². The van der Waals surface area contributed by atoms with Crippen LogP contribution in [-0.2, 0) is 4.74 Å². The van der Waals surface area contributed by atoms with Gasteiger partial charge < -0.3 is 9.84 Å². The standard InChI is InChI=1S/C23H36O4/c1-3-5-7-8-9-10-11-12-16-19(15-6-4-2)27-23(26)21-18-14-13-17-20(21)22(24)25/h13-14,17-19H,3-12,15-16H2,1-2H3,(H,24,25). The molecular weight excluding hydrogens is 340 g/mol. The van der Waals surface area contributed by atoms with Gasteiger partial charge in [0.1, 0.15) is 6.10 Å². The van der Waals surface area contributed by atoms with Crippen LogP contribution in [-0.4, -0.2) is 23.1 Å². The SMILES string of the molecule is CCCCCCCCCCC(CCCC)OC(=O)c1ccccc1C(=O)O. The molecule has 0 bridgehead atoms. The highest BCUT2D eigenvalue weighted by Gasteiger charge is 2.20. The number of carbonyl (C=O) groups is 2. The zero-order chi connectivity index (χ0) is 19.9. The van der Waals surface area contributed by atoms with Crippen LogP contribution >= 0.6 is 0 Å². The van der Waals surface area contributed by atoms with Crippen molar-refractivity contribution in [2.75, 3.05) is 0 Å². The highest BCUT2D eigenvalue weighted by Crippen LogP contribution is 2.18. The number of ether oxygens (including phenoxy) is 1. The number of rotatable bonds is 15. The zero-order valence-electron chi connectivity index (χ0n) is 17.0. The third-order valence-corrected chi connectivity index (χ3v) is 4.91. The van der Waals surface area contributed by atoms with Gasteiger partial charge in [-0.2, -0.15) is 0 Å². The first kappa shape index (κ1) is 23.2. The summed E-state index contributed by atoms with van der Waals surface area (Å²) < 4.78 is 5.69. The average Bonchev–Trinajstić information content (AvgIpc) is 2.67. The Labute approximate surface area is 164 Å². The van der Waals surface area contributed by atoms with Crippen LogP contribution in [0.25, 0.3) is 0 Å². The topological polar surface area (TPSA) is 63.6 Å². The molecule has 4 nitrogen and oxygen atoms in total. The molecule has 1 rings (SSSR count). The van der Waals surface area contributed by atoms with Crippen molar-refractivity contribution in [1.29, 1.82) is 0 Å². The van der Waals surface area contributed by atoms with Gasteiger partial charge in [0.05, 0.1) is 11.1 Å². The molecule has 1 N–H and O–H groups in total. The Morgan fingerprint density at radius 3 is 1.93 bits per heavy atom. The van der Waals surface area contributed by atoms with Crippen LogP contribution < -0.4 is 0 Å². The molecule has 0 radical (unpaired) electrons. The average molecular weight is 377 g/mol. The maximum absolute atomic E-state index is 12.5. The van der Waals surface area contributed by atoms with Gasteiger partial charge in [0.2, 0.25) is 0 Å². The molecule has 0 spiro atoms. The molecule has 0 aromatic heterocycles. The van der Waals surface area contributed by atoms with E-state index < -0.39 is 11.9 Å². The lowest BCUT2D eigenvalue weighted by molar-refractivity contribution is 0.0245. The number of esters is 1. The summed E-state index contributed by atoms with van der Waals surface area (Å²) in [5.74, 6) is -1.62. The fourth-order valence-corrected chi connectivity index (χ4v) is 3.26. The second-order valence-corrected chi connectivity index (χ2v) is 7.28. The summed E-state index contributed by atoms with van der Waals surface area (Å²) in [5.41, 5.74) is 0.145. The molecule has 0 heterocycles. The van der Waals surface area contributed by atoms with Crippen molar-refractivity contribution in [2.24, 2.45) is 0 Å². The number of benzene rings is 1. The van der Waals surface area contributed by atoms with Gasteiger partial charge in [0.15, 0.2) is 0 Å². The van der Waals surface area contributed by atoms with Crippen molar-refractivity contribution in [2.45, 2.75) is 97.0 Å². The van der Waals surface area contributed by atoms with Gasteiger partial charge in [-0.15, -0.1) is 0 Å². The minimum Gasteiger partial charge on any atom is -0.478 e. The van der Waals surface area contributed by atoms with Crippen molar-refractivity contribution in [3.63, 3.8) is 0 Å². The predicted molar refractivity (Wildman–Crippen MR) is 109 cm³/mol. The Hall–Kier alpha value is -1.84. The van der Waals surface area contributed by atoms with E-state index in [1.165, 1.54) is 50.7 Å². The quantitative estimate of drug-likeness (QED) is 0.275. The number of unbranched alkanes of at least 4 members (excludes halogenated alkanes) is 8. The molecule has 0 aliphatic carbocycles. The van der Waals surface area contributed by atoms with Gasteiger partial charge >= 0.3 is 11.9 Å². The summed E-state index contributed by atoms with van der Waals surface area (Å²) in [7, 11) is 0. The van der Waals surface area contributed by atoms with Crippen LogP contribution in [0.1, 0.15) is 112 Å². The van der Waals surface area contributed by atoms with Gasteiger partial charge in [-0.25, -0.2) is 9.59 Å². The molecule has 0 aliphatic rings. The summed E-state index contributed by atoms with van der Waals surface area (Å²) in [4.78, 5) is 23.8. The second kappa shape index (κ2) is 14.2. The molecule has 1 aromatic rings. The minimum absolute atomic E-state index is 0.00354. The van der Waals surface area contributed by atoms with Crippen LogP contribution in [0.3, 0.4) is 0 Å². The van der Waals surface area contributed by atoms with Crippen molar-refractivity contribution in [3.8, 4) is 0 Å². The third kappa shape index (κ3) is 9.60. The minimum atomic E-state index is -1.10. The van der Waals surface area contributed by atoms with Gasteiger partial charge in [-0.1, -0.05) is 83.8 Å². The highest BCUT2D eigenvalue weighted by molar-refractivity contribution is 6.02. The van der Waals surface area contributed by atoms with E-state index in [1.54, 1.807) is 12.1 Å². The molecule has 1 atom stereocenters. The normalized spacial score (nSPS) is 11.9. The lowest BCUT2D eigenvalue weighted by Gasteiger charge is -2.18. The van der Waals surface area contributed by atoms with Crippen molar-refractivity contribution >= 4 is 11.9 Å². The summed E-state index contributed by atoms with van der Waals surface area (Å²) in [5, 5.41) is 9.26. The fourth-order valence-electron chi connectivity index (χ4n) is 3.26. The first-order valence-corrected chi connectivity index (χ1v) is 10.6. The number of carboxylic acids is 1. The number of carbonyl (C=O) groups excluding carboxylic acids is 1. The molecule has 27 heavy (non-hydrogen) atoms. The Bertz CT molecular complexity index is 553. The second-order valence-electron chi connectivity index (χ2n) is 7.28. The highest BCUT2D eigenvalue weighted by atomic mass is 16.5. The lowest BCUT2D eigenvalue weighted by atomic mass is 10.0. The molecule has 4 heteroatoms. The van der Waals surface area contributed by atoms with Crippen LogP contribution in [0, 0.1) is 0 Å². The number of aromatic carboxylic acids is 1. The summed E-state index contributed by atoms with van der Waals surface area (Å²) in [6.07, 6.45) is 13.6. The number of hydrogen-bond donors (Lipinski definition) is 1. The molecule has 0 aliphatic heterocycles. The third-order valence-electron chi connectivity index (χ3n) is 4.91. The molecule has 0 fully saturated rings. The van der Waals surface area contributed by atoms with Crippen molar-refractivity contribution in [3.05, 3.63) is 35.4 Å². The van der Waals surface area contributed by atoms with Gasteiger partial charge in [-0.3, -0.25) is 0 Å². The van der Waals surface area contributed by atoms with Crippen LogP contribution in [0.15, 0.2) is 24.3 Å². The van der Waals surface area contributed by atoms with Crippen LogP contribution in [0.4, 0.5) is 0 Å². The molecule has 0 saturated carbocycles. The fraction of sp³-hybridized carbons (Fsp3) is 0.652. The largest absolute Gasteiger partial charge is 0.478 e. The Kier molecular flexibility index (Phi) is 12.2. The molecule has 0 amide bonds. The molecule has 1 aromatic carbocycles. The van der Waals surface area contributed by atoms with Crippen molar-refractivity contribution in [1.82, 2.24) is 0 Å². The Morgan fingerprint density at radius 2 is 1.33 bits per heavy atom. The zero-order valence-corrected chi connectivity index (χ0v) is 17.0. The van der Waals surface area contributed by atoms with Crippen molar-refractivity contribution < 1.29 is 19.4 Å². The van der Waals surface area contributed by atoms with E-state index in [0.717, 1.165) is 38.5 Å². The van der Waals surface area contributed by atoms with E-state index in [-0.39, 0.29) is 17.2 Å². The molecule has 1 unspecified atom stereocenters. The maximum atomic E-state index is 12.5. The Balaban J connectivity index is 2.47. The monoisotopic (exact) mass is 376 g/mol. The van der Waals surface area contributed by atoms with Gasteiger partial charge in [0, 0.05) is 0 Å². The van der Waals surface area contributed by atoms with E-state index in [0.29, 0.717) is 0 Å². The molecule has 152 valence electrons. The summed E-state index contributed by atoms with van der Waals surface area (Å²) >= 11 is 0. The number of hydrogen-bond acceptors (Lipinski definition) is 3. The first-order chi connectivity index (χ1) is 13.1. The molecular formula is C23H36O4. The Morgan fingerprint density at radius 1 is 0.815 bits per heavy atom. The molecule has 0 saturated heterocycles.